The zero-order chi connectivity index (χ0) is 9.97. The van der Waals surface area contributed by atoms with E-state index in [1.807, 2.05) is 24.3 Å². The molecule has 2 aromatic carbocycles. The molecule has 0 spiro atoms. The lowest BCUT2D eigenvalue weighted by Gasteiger charge is -2.00. The van der Waals surface area contributed by atoms with Crippen molar-refractivity contribution in [3.05, 3.63) is 53.6 Å². The Labute approximate surface area is 87.6 Å². The summed E-state index contributed by atoms with van der Waals surface area (Å²) in [7, 11) is 0. The number of benzene rings is 2. The minimum absolute atomic E-state index is 0.266. The molecule has 0 heterocycles. The second kappa shape index (κ2) is 3.72. The van der Waals surface area contributed by atoms with Crippen molar-refractivity contribution in [1.82, 2.24) is 0 Å². The van der Waals surface area contributed by atoms with Gasteiger partial charge in [-0.3, -0.25) is 0 Å². The molecule has 2 heteroatoms. The molecule has 0 bridgehead atoms. The van der Waals surface area contributed by atoms with Crippen LogP contribution in [0.4, 0.5) is 0 Å². The largest absolute Gasteiger partial charge is 0.508 e. The maximum absolute atomic E-state index is 9.12. The Bertz CT molecular complexity index is 374. The van der Waals surface area contributed by atoms with Gasteiger partial charge in [0, 0.05) is 5.02 Å². The van der Waals surface area contributed by atoms with Gasteiger partial charge in [-0.25, -0.2) is 0 Å². The molecule has 2 aromatic rings. The average Bonchev–Trinajstić information content (AvgIpc) is 2.21. The molecule has 0 amide bonds. The van der Waals surface area contributed by atoms with Gasteiger partial charge in [0.1, 0.15) is 5.75 Å². The van der Waals surface area contributed by atoms with Gasteiger partial charge in [0.2, 0.25) is 0 Å². The zero-order valence-electron chi connectivity index (χ0n) is 7.37. The standard InChI is InChI=1S/C12H8ClO/c13-11-5-1-9(2-6-11)10-3-7-12(14)8-4-10/h1,3-8,14H. The fourth-order valence-corrected chi connectivity index (χ4v) is 1.34. The lowest BCUT2D eigenvalue weighted by molar-refractivity contribution is 0.475. The van der Waals surface area contributed by atoms with Crippen LogP contribution in [0.3, 0.4) is 0 Å². The smallest absolute Gasteiger partial charge is 0.115 e. The van der Waals surface area contributed by atoms with Crippen molar-refractivity contribution in [2.45, 2.75) is 0 Å². The summed E-state index contributed by atoms with van der Waals surface area (Å²) in [6.07, 6.45) is 0. The molecule has 14 heavy (non-hydrogen) atoms. The summed E-state index contributed by atoms with van der Waals surface area (Å²) in [6.45, 7) is 0. The van der Waals surface area contributed by atoms with Gasteiger partial charge in [-0.05, 0) is 41.5 Å². The molecule has 0 fully saturated rings. The van der Waals surface area contributed by atoms with Gasteiger partial charge in [-0.1, -0.05) is 29.8 Å². The highest BCUT2D eigenvalue weighted by molar-refractivity contribution is 6.30. The number of phenolic OH excluding ortho intramolecular Hbond substituents is 1. The van der Waals surface area contributed by atoms with Gasteiger partial charge >= 0.3 is 0 Å². The van der Waals surface area contributed by atoms with Gasteiger partial charge < -0.3 is 5.11 Å². The van der Waals surface area contributed by atoms with Crippen LogP contribution in [0, 0.1) is 6.07 Å². The molecule has 1 nitrogen and oxygen atoms in total. The molecule has 2 rings (SSSR count). The van der Waals surface area contributed by atoms with E-state index in [1.165, 1.54) is 0 Å². The van der Waals surface area contributed by atoms with E-state index in [-0.39, 0.29) is 5.75 Å². The van der Waals surface area contributed by atoms with Crippen LogP contribution in [-0.2, 0) is 0 Å². The molecule has 0 aliphatic rings. The van der Waals surface area contributed by atoms with Crippen LogP contribution in [0.5, 0.6) is 5.75 Å². The topological polar surface area (TPSA) is 20.2 Å². The Hall–Kier alpha value is -1.47. The van der Waals surface area contributed by atoms with E-state index in [1.54, 1.807) is 18.2 Å². The number of rotatable bonds is 1. The van der Waals surface area contributed by atoms with Crippen LogP contribution in [0.2, 0.25) is 5.02 Å². The second-order valence-electron chi connectivity index (χ2n) is 2.97. The third-order valence-corrected chi connectivity index (χ3v) is 2.19. The minimum Gasteiger partial charge on any atom is -0.508 e. The molecular formula is C12H8ClO. The highest BCUT2D eigenvalue weighted by atomic mass is 35.5. The van der Waals surface area contributed by atoms with E-state index in [2.05, 4.69) is 6.07 Å². The molecule has 0 aliphatic heterocycles. The number of halogens is 1. The van der Waals surface area contributed by atoms with Crippen molar-refractivity contribution in [3.63, 3.8) is 0 Å². The van der Waals surface area contributed by atoms with E-state index in [0.29, 0.717) is 5.02 Å². The van der Waals surface area contributed by atoms with Gasteiger partial charge in [0.05, 0.1) is 0 Å². The monoisotopic (exact) mass is 203 g/mol. The lowest BCUT2D eigenvalue weighted by Crippen LogP contribution is -1.76. The van der Waals surface area contributed by atoms with E-state index < -0.39 is 0 Å². The fourth-order valence-electron chi connectivity index (χ4n) is 1.23. The van der Waals surface area contributed by atoms with Gasteiger partial charge in [-0.15, -0.1) is 0 Å². The van der Waals surface area contributed by atoms with Gasteiger partial charge in [-0.2, -0.15) is 0 Å². The van der Waals surface area contributed by atoms with Crippen molar-refractivity contribution in [2.24, 2.45) is 0 Å². The predicted molar refractivity (Wildman–Crippen MR) is 57.4 cm³/mol. The van der Waals surface area contributed by atoms with Crippen molar-refractivity contribution < 1.29 is 5.11 Å². The summed E-state index contributed by atoms with van der Waals surface area (Å²) < 4.78 is 0. The van der Waals surface area contributed by atoms with Crippen molar-refractivity contribution in [3.8, 4) is 16.9 Å². The lowest BCUT2D eigenvalue weighted by atomic mass is 10.1. The van der Waals surface area contributed by atoms with E-state index in [4.69, 9.17) is 16.7 Å². The molecule has 69 valence electrons. The first kappa shape index (κ1) is 9.10. The Morgan fingerprint density at radius 2 is 1.71 bits per heavy atom. The highest BCUT2D eigenvalue weighted by Gasteiger charge is 1.97. The van der Waals surface area contributed by atoms with E-state index in [9.17, 15) is 0 Å². The SMILES string of the molecule is Oc1ccc(-c2[c]cc(Cl)cc2)cc1. The maximum Gasteiger partial charge on any atom is 0.115 e. The summed E-state index contributed by atoms with van der Waals surface area (Å²) in [5, 5.41) is 9.79. The summed E-state index contributed by atoms with van der Waals surface area (Å²) in [5.74, 6) is 0.266. The van der Waals surface area contributed by atoms with Crippen molar-refractivity contribution in [1.29, 1.82) is 0 Å². The van der Waals surface area contributed by atoms with Crippen molar-refractivity contribution in [2.75, 3.05) is 0 Å². The molecule has 0 atom stereocenters. The molecule has 1 N–H and O–H groups in total. The number of aromatic hydroxyl groups is 1. The quantitative estimate of drug-likeness (QED) is 0.752. The zero-order valence-corrected chi connectivity index (χ0v) is 8.12. The minimum atomic E-state index is 0.266. The first-order valence-corrected chi connectivity index (χ1v) is 4.60. The van der Waals surface area contributed by atoms with Crippen LogP contribution in [0.15, 0.2) is 42.5 Å². The second-order valence-corrected chi connectivity index (χ2v) is 3.40. The summed E-state index contributed by atoms with van der Waals surface area (Å²) in [4.78, 5) is 0. The number of hydrogen-bond acceptors (Lipinski definition) is 1. The van der Waals surface area contributed by atoms with Crippen LogP contribution in [0.25, 0.3) is 11.1 Å². The summed E-state index contributed by atoms with van der Waals surface area (Å²) >= 11 is 5.75. The molecule has 0 saturated carbocycles. The third kappa shape index (κ3) is 1.88. The van der Waals surface area contributed by atoms with E-state index in [0.717, 1.165) is 11.1 Å². The molecule has 0 aromatic heterocycles. The Morgan fingerprint density at radius 1 is 1.00 bits per heavy atom. The Kier molecular flexibility index (Phi) is 2.42. The van der Waals surface area contributed by atoms with Gasteiger partial charge in [0.15, 0.2) is 0 Å². The summed E-state index contributed by atoms with van der Waals surface area (Å²) in [6, 6.07) is 15.5. The molecule has 0 unspecified atom stereocenters. The number of phenols is 1. The van der Waals surface area contributed by atoms with Crippen LogP contribution >= 0.6 is 11.6 Å². The molecule has 0 saturated heterocycles. The molecular weight excluding hydrogens is 196 g/mol. The predicted octanol–water partition coefficient (Wildman–Crippen LogP) is 3.51. The average molecular weight is 204 g/mol. The third-order valence-electron chi connectivity index (χ3n) is 1.95. The van der Waals surface area contributed by atoms with E-state index >= 15 is 0 Å². The fraction of sp³-hybridized carbons (Fsp3) is 0. The number of hydrogen-bond donors (Lipinski definition) is 1. The van der Waals surface area contributed by atoms with Crippen molar-refractivity contribution >= 4 is 11.6 Å². The van der Waals surface area contributed by atoms with Crippen LogP contribution in [-0.4, -0.2) is 5.11 Å². The van der Waals surface area contributed by atoms with Crippen LogP contribution in [0.1, 0.15) is 0 Å². The normalized spacial score (nSPS) is 10.1. The maximum atomic E-state index is 9.12. The molecule has 0 aliphatic carbocycles. The molecule has 1 radical (unpaired) electrons. The highest BCUT2D eigenvalue weighted by Crippen LogP contribution is 2.22. The summed E-state index contributed by atoms with van der Waals surface area (Å²) in [5.41, 5.74) is 1.98. The first-order chi connectivity index (χ1) is 6.75. The first-order valence-electron chi connectivity index (χ1n) is 4.22. The van der Waals surface area contributed by atoms with Gasteiger partial charge in [0.25, 0.3) is 0 Å². The van der Waals surface area contributed by atoms with Crippen LogP contribution < -0.4 is 0 Å². The Morgan fingerprint density at radius 3 is 2.29 bits per heavy atom. The Balaban J connectivity index is 2.40.